The van der Waals surface area contributed by atoms with E-state index in [4.69, 9.17) is 4.74 Å². The fourth-order valence-corrected chi connectivity index (χ4v) is 4.21. The third-order valence-electron chi connectivity index (χ3n) is 6.37. The first kappa shape index (κ1) is 29.5. The number of hydrogen-bond acceptors (Lipinski definition) is 2. The molecule has 0 aliphatic rings. The van der Waals surface area contributed by atoms with E-state index < -0.39 is 0 Å². The van der Waals surface area contributed by atoms with Crippen LogP contribution in [-0.2, 0) is 9.53 Å². The van der Waals surface area contributed by atoms with Crippen molar-refractivity contribution in [3.05, 3.63) is 0 Å². The molecule has 0 aromatic rings. The first-order chi connectivity index (χ1) is 14.7. The standard InChI is InChI=1S/C28H56O2/c1-4-7-9-11-13-15-16-18-19-21-23-25-27(6-3)30-28(29)26-24-22-20-17-14-12-10-8-5-2/h27H,4-26H2,1-3H3/t27-/m1/s1. The van der Waals surface area contributed by atoms with E-state index in [9.17, 15) is 4.79 Å². The Morgan fingerprint density at radius 3 is 1.30 bits per heavy atom. The predicted octanol–water partition coefficient (Wildman–Crippen LogP) is 9.93. The first-order valence-electron chi connectivity index (χ1n) is 13.9. The molecule has 0 aromatic carbocycles. The SMILES string of the molecule is CCCCCCCCCCCCC[C@@H](CC)OC(=O)CCCCCCCCCCC. The molecule has 30 heavy (non-hydrogen) atoms. The molecular weight excluding hydrogens is 368 g/mol. The van der Waals surface area contributed by atoms with Gasteiger partial charge >= 0.3 is 5.97 Å². The minimum atomic E-state index is 0.0351. The van der Waals surface area contributed by atoms with Crippen molar-refractivity contribution in [1.82, 2.24) is 0 Å². The third kappa shape index (κ3) is 22.2. The second-order valence-corrected chi connectivity index (χ2v) is 9.42. The van der Waals surface area contributed by atoms with Crippen LogP contribution in [0.1, 0.15) is 168 Å². The number of carbonyl (C=O) groups excluding carboxylic acids is 1. The van der Waals surface area contributed by atoms with Crippen LogP contribution in [0.2, 0.25) is 0 Å². The van der Waals surface area contributed by atoms with E-state index in [1.165, 1.54) is 122 Å². The van der Waals surface area contributed by atoms with E-state index in [0.29, 0.717) is 6.42 Å². The summed E-state index contributed by atoms with van der Waals surface area (Å²) in [6.07, 6.45) is 29.5. The van der Waals surface area contributed by atoms with Crippen molar-refractivity contribution in [2.45, 2.75) is 175 Å². The monoisotopic (exact) mass is 424 g/mol. The molecule has 0 amide bonds. The van der Waals surface area contributed by atoms with Crippen LogP contribution in [0.3, 0.4) is 0 Å². The maximum absolute atomic E-state index is 12.1. The Kier molecular flexibility index (Phi) is 24.3. The van der Waals surface area contributed by atoms with E-state index in [-0.39, 0.29) is 12.1 Å². The number of ether oxygens (including phenoxy) is 1. The lowest BCUT2D eigenvalue weighted by atomic mass is 10.0. The van der Waals surface area contributed by atoms with Crippen LogP contribution in [0.15, 0.2) is 0 Å². The highest BCUT2D eigenvalue weighted by molar-refractivity contribution is 5.69. The summed E-state index contributed by atoms with van der Waals surface area (Å²) in [6, 6.07) is 0. The molecule has 0 aromatic heterocycles. The molecule has 2 nitrogen and oxygen atoms in total. The van der Waals surface area contributed by atoms with Gasteiger partial charge in [-0.2, -0.15) is 0 Å². The zero-order chi connectivity index (χ0) is 22.1. The van der Waals surface area contributed by atoms with Crippen molar-refractivity contribution >= 4 is 5.97 Å². The average molecular weight is 425 g/mol. The number of carbonyl (C=O) groups is 1. The quantitative estimate of drug-likeness (QED) is 0.114. The number of hydrogen-bond donors (Lipinski definition) is 0. The molecule has 0 fully saturated rings. The fraction of sp³-hybridized carbons (Fsp3) is 0.964. The topological polar surface area (TPSA) is 26.3 Å². The van der Waals surface area contributed by atoms with Crippen LogP contribution in [0.4, 0.5) is 0 Å². The van der Waals surface area contributed by atoms with E-state index in [2.05, 4.69) is 20.8 Å². The Morgan fingerprint density at radius 1 is 0.533 bits per heavy atom. The Morgan fingerprint density at radius 2 is 0.900 bits per heavy atom. The first-order valence-corrected chi connectivity index (χ1v) is 13.9. The van der Waals surface area contributed by atoms with Crippen molar-refractivity contribution in [3.8, 4) is 0 Å². The normalized spacial score (nSPS) is 12.2. The molecule has 0 aliphatic carbocycles. The van der Waals surface area contributed by atoms with Gasteiger partial charge in [-0.15, -0.1) is 0 Å². The highest BCUT2D eigenvalue weighted by Gasteiger charge is 2.12. The highest BCUT2D eigenvalue weighted by atomic mass is 16.5. The van der Waals surface area contributed by atoms with Gasteiger partial charge in [-0.1, -0.05) is 136 Å². The number of esters is 1. The van der Waals surface area contributed by atoms with Crippen LogP contribution >= 0.6 is 0 Å². The molecule has 0 aliphatic heterocycles. The molecule has 0 heterocycles. The Hall–Kier alpha value is -0.530. The molecule has 0 radical (unpaired) electrons. The molecule has 0 spiro atoms. The summed E-state index contributed by atoms with van der Waals surface area (Å²) in [4.78, 5) is 12.1. The Balaban J connectivity index is 3.45. The van der Waals surface area contributed by atoms with Crippen LogP contribution < -0.4 is 0 Å². The van der Waals surface area contributed by atoms with Crippen molar-refractivity contribution in [1.29, 1.82) is 0 Å². The van der Waals surface area contributed by atoms with Crippen LogP contribution in [0.25, 0.3) is 0 Å². The molecule has 2 heteroatoms. The molecule has 0 N–H and O–H groups in total. The average Bonchev–Trinajstić information content (AvgIpc) is 2.75. The van der Waals surface area contributed by atoms with Gasteiger partial charge in [0.1, 0.15) is 6.10 Å². The third-order valence-corrected chi connectivity index (χ3v) is 6.37. The summed E-state index contributed by atoms with van der Waals surface area (Å²) in [7, 11) is 0. The van der Waals surface area contributed by atoms with Crippen LogP contribution in [0.5, 0.6) is 0 Å². The molecule has 0 unspecified atom stereocenters. The van der Waals surface area contributed by atoms with Gasteiger partial charge in [0, 0.05) is 6.42 Å². The molecule has 0 saturated heterocycles. The van der Waals surface area contributed by atoms with Gasteiger partial charge in [0.05, 0.1) is 0 Å². The van der Waals surface area contributed by atoms with Crippen molar-refractivity contribution in [3.63, 3.8) is 0 Å². The van der Waals surface area contributed by atoms with Gasteiger partial charge in [-0.3, -0.25) is 4.79 Å². The summed E-state index contributed by atoms with van der Waals surface area (Å²) >= 11 is 0. The van der Waals surface area contributed by atoms with E-state index in [1.54, 1.807) is 0 Å². The minimum absolute atomic E-state index is 0.0351. The summed E-state index contributed by atoms with van der Waals surface area (Å²) in [6.45, 7) is 6.69. The molecule has 180 valence electrons. The molecule has 0 bridgehead atoms. The summed E-state index contributed by atoms with van der Waals surface area (Å²) in [5, 5.41) is 0. The number of unbranched alkanes of at least 4 members (excludes halogenated alkanes) is 18. The zero-order valence-electron chi connectivity index (χ0n) is 21.2. The Bertz CT molecular complexity index is 340. The van der Waals surface area contributed by atoms with Gasteiger partial charge in [0.2, 0.25) is 0 Å². The molecule has 1 atom stereocenters. The Labute approximate surface area is 190 Å². The van der Waals surface area contributed by atoms with Gasteiger partial charge in [-0.25, -0.2) is 0 Å². The van der Waals surface area contributed by atoms with Gasteiger partial charge in [-0.05, 0) is 25.7 Å². The lowest BCUT2D eigenvalue weighted by Crippen LogP contribution is -2.17. The predicted molar refractivity (Wildman–Crippen MR) is 133 cm³/mol. The van der Waals surface area contributed by atoms with Crippen LogP contribution in [0, 0.1) is 0 Å². The van der Waals surface area contributed by atoms with Gasteiger partial charge < -0.3 is 4.74 Å². The molecular formula is C28H56O2. The largest absolute Gasteiger partial charge is 0.462 e. The van der Waals surface area contributed by atoms with E-state index in [1.807, 2.05) is 0 Å². The maximum Gasteiger partial charge on any atom is 0.306 e. The fourth-order valence-electron chi connectivity index (χ4n) is 4.21. The summed E-state index contributed by atoms with van der Waals surface area (Å²) in [5.41, 5.74) is 0. The lowest BCUT2D eigenvalue weighted by Gasteiger charge is -2.16. The highest BCUT2D eigenvalue weighted by Crippen LogP contribution is 2.16. The lowest BCUT2D eigenvalue weighted by molar-refractivity contribution is -0.149. The van der Waals surface area contributed by atoms with E-state index in [0.717, 1.165) is 19.3 Å². The summed E-state index contributed by atoms with van der Waals surface area (Å²) < 4.78 is 5.72. The zero-order valence-corrected chi connectivity index (χ0v) is 21.2. The number of rotatable bonds is 24. The summed E-state index contributed by atoms with van der Waals surface area (Å²) in [5.74, 6) is 0.0351. The molecule has 0 saturated carbocycles. The van der Waals surface area contributed by atoms with Crippen molar-refractivity contribution < 1.29 is 9.53 Å². The van der Waals surface area contributed by atoms with Crippen molar-refractivity contribution in [2.75, 3.05) is 0 Å². The minimum Gasteiger partial charge on any atom is -0.462 e. The second-order valence-electron chi connectivity index (χ2n) is 9.42. The van der Waals surface area contributed by atoms with Crippen LogP contribution in [-0.4, -0.2) is 12.1 Å². The second kappa shape index (κ2) is 24.7. The maximum atomic E-state index is 12.1. The smallest absolute Gasteiger partial charge is 0.306 e. The van der Waals surface area contributed by atoms with Gasteiger partial charge in [0.25, 0.3) is 0 Å². The molecule has 0 rings (SSSR count). The van der Waals surface area contributed by atoms with Gasteiger partial charge in [0.15, 0.2) is 0 Å². The van der Waals surface area contributed by atoms with E-state index >= 15 is 0 Å². The van der Waals surface area contributed by atoms with Crippen molar-refractivity contribution in [2.24, 2.45) is 0 Å².